The van der Waals surface area contributed by atoms with Crippen molar-refractivity contribution in [2.45, 2.75) is 11.8 Å². The molecule has 11 heteroatoms. The van der Waals surface area contributed by atoms with Gasteiger partial charge in [0, 0.05) is 13.7 Å². The maximum Gasteiger partial charge on any atom is 0.357 e. The van der Waals surface area contributed by atoms with Crippen LogP contribution in [-0.2, 0) is 19.6 Å². The minimum absolute atomic E-state index is 0.0692. The third-order valence-electron chi connectivity index (χ3n) is 2.41. The number of H-pyrrole nitrogens is 1. The van der Waals surface area contributed by atoms with Crippen molar-refractivity contribution in [3.63, 3.8) is 0 Å². The zero-order chi connectivity index (χ0) is 16.0. The summed E-state index contributed by atoms with van der Waals surface area (Å²) < 4.78 is 30.8. The number of carboxylic acids is 1. The van der Waals surface area contributed by atoms with E-state index < -0.39 is 39.0 Å². The monoisotopic (exact) mass is 320 g/mol. The summed E-state index contributed by atoms with van der Waals surface area (Å²) >= 11 is 0. The van der Waals surface area contributed by atoms with Crippen molar-refractivity contribution >= 4 is 21.9 Å². The van der Waals surface area contributed by atoms with Crippen LogP contribution in [0.3, 0.4) is 0 Å². The van der Waals surface area contributed by atoms with Gasteiger partial charge in [-0.3, -0.25) is 9.89 Å². The minimum atomic E-state index is -4.17. The number of nitrogens with one attached hydrogen (secondary N) is 3. The van der Waals surface area contributed by atoms with Gasteiger partial charge in [0.1, 0.15) is 4.90 Å². The first kappa shape index (κ1) is 17.1. The Labute approximate surface area is 120 Å². The molecule has 0 spiro atoms. The van der Waals surface area contributed by atoms with Crippen LogP contribution in [0.5, 0.6) is 0 Å². The van der Waals surface area contributed by atoms with Gasteiger partial charge in [-0.05, 0) is 6.92 Å². The first-order valence-electron chi connectivity index (χ1n) is 5.83. The average molecular weight is 320 g/mol. The number of ether oxygens (including phenoxy) is 1. The van der Waals surface area contributed by atoms with E-state index in [1.165, 1.54) is 14.0 Å². The number of carboxylic acid groups (broad SMARTS) is 1. The molecule has 0 radical (unpaired) electrons. The van der Waals surface area contributed by atoms with Gasteiger partial charge in [-0.25, -0.2) is 17.9 Å². The van der Waals surface area contributed by atoms with Crippen molar-refractivity contribution in [1.29, 1.82) is 0 Å². The molecule has 1 amide bonds. The number of amides is 1. The van der Waals surface area contributed by atoms with Crippen LogP contribution in [-0.4, -0.2) is 62.4 Å². The largest absolute Gasteiger partial charge is 0.476 e. The van der Waals surface area contributed by atoms with E-state index in [0.29, 0.717) is 6.61 Å². The van der Waals surface area contributed by atoms with Crippen LogP contribution in [0.25, 0.3) is 0 Å². The van der Waals surface area contributed by atoms with Crippen LogP contribution in [0, 0.1) is 6.92 Å². The molecule has 0 fully saturated rings. The number of aromatic nitrogens is 2. The van der Waals surface area contributed by atoms with Crippen LogP contribution in [0.15, 0.2) is 4.90 Å². The molecule has 0 aliphatic rings. The van der Waals surface area contributed by atoms with E-state index in [0.717, 1.165) is 0 Å². The Hall–Kier alpha value is -1.98. The Kier molecular flexibility index (Phi) is 5.81. The second-order valence-corrected chi connectivity index (χ2v) is 5.70. The summed E-state index contributed by atoms with van der Waals surface area (Å²) in [7, 11) is -2.70. The fraction of sp³-hybridized carbons (Fsp3) is 0.500. The zero-order valence-electron chi connectivity index (χ0n) is 11.5. The number of hydrogen-bond acceptors (Lipinski definition) is 6. The van der Waals surface area contributed by atoms with Crippen molar-refractivity contribution in [1.82, 2.24) is 20.2 Å². The average Bonchev–Trinajstić information content (AvgIpc) is 2.80. The van der Waals surface area contributed by atoms with Gasteiger partial charge in [-0.1, -0.05) is 0 Å². The van der Waals surface area contributed by atoms with E-state index in [4.69, 9.17) is 9.84 Å². The number of carbonyl (C=O) groups excluding carboxylic acids is 1. The van der Waals surface area contributed by atoms with E-state index in [9.17, 15) is 18.0 Å². The first-order chi connectivity index (χ1) is 9.79. The lowest BCUT2D eigenvalue weighted by Crippen LogP contribution is -2.38. The van der Waals surface area contributed by atoms with E-state index in [1.54, 1.807) is 0 Å². The number of aromatic carboxylic acids is 1. The first-order valence-corrected chi connectivity index (χ1v) is 7.31. The maximum absolute atomic E-state index is 12.0. The van der Waals surface area contributed by atoms with Crippen molar-refractivity contribution in [3.05, 3.63) is 11.4 Å². The second-order valence-electron chi connectivity index (χ2n) is 4.00. The smallest absolute Gasteiger partial charge is 0.357 e. The molecule has 4 N–H and O–H groups in total. The second kappa shape index (κ2) is 7.15. The topological polar surface area (TPSA) is 150 Å². The number of carbonyl (C=O) groups is 2. The Morgan fingerprint density at radius 3 is 2.67 bits per heavy atom. The Morgan fingerprint density at radius 1 is 1.43 bits per heavy atom. The lowest BCUT2D eigenvalue weighted by Gasteiger charge is -2.07. The lowest BCUT2D eigenvalue weighted by molar-refractivity contribution is -0.120. The number of hydrogen-bond donors (Lipinski definition) is 4. The number of aryl methyl sites for hydroxylation is 1. The van der Waals surface area contributed by atoms with E-state index >= 15 is 0 Å². The van der Waals surface area contributed by atoms with E-state index in [2.05, 4.69) is 15.5 Å². The highest BCUT2D eigenvalue weighted by Gasteiger charge is 2.28. The molecule has 1 aromatic heterocycles. The number of sulfonamides is 1. The van der Waals surface area contributed by atoms with Crippen LogP contribution in [0.2, 0.25) is 0 Å². The van der Waals surface area contributed by atoms with Crippen molar-refractivity contribution in [2.24, 2.45) is 0 Å². The third-order valence-corrected chi connectivity index (χ3v) is 3.97. The number of aromatic amines is 1. The van der Waals surface area contributed by atoms with Crippen molar-refractivity contribution in [3.8, 4) is 0 Å². The highest BCUT2D eigenvalue weighted by atomic mass is 32.2. The summed E-state index contributed by atoms with van der Waals surface area (Å²) in [6, 6.07) is 0. The molecular formula is C10H16N4O6S. The van der Waals surface area contributed by atoms with Gasteiger partial charge in [0.15, 0.2) is 5.69 Å². The normalized spacial score (nSPS) is 11.3. The molecule has 0 aromatic carbocycles. The highest BCUT2D eigenvalue weighted by molar-refractivity contribution is 7.89. The van der Waals surface area contributed by atoms with Gasteiger partial charge in [0.05, 0.1) is 18.8 Å². The van der Waals surface area contributed by atoms with Gasteiger partial charge in [-0.2, -0.15) is 5.10 Å². The fourth-order valence-electron chi connectivity index (χ4n) is 1.48. The lowest BCUT2D eigenvalue weighted by atomic mass is 10.4. The summed E-state index contributed by atoms with van der Waals surface area (Å²) in [4.78, 5) is 21.8. The Morgan fingerprint density at radius 2 is 2.10 bits per heavy atom. The third kappa shape index (κ3) is 4.51. The molecular weight excluding hydrogens is 304 g/mol. The van der Waals surface area contributed by atoms with Crippen LogP contribution in [0.1, 0.15) is 16.2 Å². The Bertz CT molecular complexity index is 623. The molecule has 21 heavy (non-hydrogen) atoms. The predicted molar refractivity (Wildman–Crippen MR) is 70.4 cm³/mol. The van der Waals surface area contributed by atoms with Gasteiger partial charge in [0.25, 0.3) is 0 Å². The number of rotatable bonds is 8. The predicted octanol–water partition coefficient (Wildman–Crippen LogP) is -1.54. The standard InChI is InChI=1S/C10H16N4O6S/c1-6-9(8(10(16)17)14-13-6)21(18,19)12-5-7(15)11-3-4-20-2/h12H,3-5H2,1-2H3,(H,11,15)(H,13,14)(H,16,17). The Balaban J connectivity index is 2.77. The molecule has 1 rings (SSSR count). The van der Waals surface area contributed by atoms with Gasteiger partial charge in [0.2, 0.25) is 15.9 Å². The maximum atomic E-state index is 12.0. The summed E-state index contributed by atoms with van der Waals surface area (Å²) in [6.07, 6.45) is 0. The number of methoxy groups -OCH3 is 1. The quantitative estimate of drug-likeness (QED) is 0.424. The van der Waals surface area contributed by atoms with Gasteiger partial charge in [-0.15, -0.1) is 0 Å². The summed E-state index contributed by atoms with van der Waals surface area (Å²) in [6.45, 7) is 1.38. The minimum Gasteiger partial charge on any atom is -0.476 e. The van der Waals surface area contributed by atoms with Crippen LogP contribution >= 0.6 is 0 Å². The molecule has 118 valence electrons. The van der Waals surface area contributed by atoms with Crippen molar-refractivity contribution < 1.29 is 27.9 Å². The summed E-state index contributed by atoms with van der Waals surface area (Å²) in [5, 5.41) is 17.0. The highest BCUT2D eigenvalue weighted by Crippen LogP contribution is 2.17. The van der Waals surface area contributed by atoms with Gasteiger partial charge >= 0.3 is 5.97 Å². The molecule has 10 nitrogen and oxygen atoms in total. The SMILES string of the molecule is COCCNC(=O)CNS(=O)(=O)c1c(C(=O)O)n[nH]c1C. The molecule has 0 atom stereocenters. The molecule has 1 aromatic rings. The van der Waals surface area contributed by atoms with E-state index in [-0.39, 0.29) is 12.2 Å². The summed E-state index contributed by atoms with van der Waals surface area (Å²) in [5.74, 6) is -2.04. The molecule has 0 saturated heterocycles. The number of nitrogens with zero attached hydrogens (tertiary/aromatic N) is 1. The van der Waals surface area contributed by atoms with Crippen LogP contribution < -0.4 is 10.0 Å². The molecule has 0 unspecified atom stereocenters. The van der Waals surface area contributed by atoms with Gasteiger partial charge < -0.3 is 15.2 Å². The molecule has 0 saturated carbocycles. The fourth-order valence-corrected chi connectivity index (χ4v) is 2.78. The molecule has 0 aliphatic carbocycles. The molecule has 0 aliphatic heterocycles. The van der Waals surface area contributed by atoms with E-state index in [1.807, 2.05) is 4.72 Å². The zero-order valence-corrected chi connectivity index (χ0v) is 12.3. The molecule has 0 bridgehead atoms. The van der Waals surface area contributed by atoms with Crippen molar-refractivity contribution in [2.75, 3.05) is 26.8 Å². The molecule has 1 heterocycles. The van der Waals surface area contributed by atoms with Crippen LogP contribution in [0.4, 0.5) is 0 Å². The summed E-state index contributed by atoms with van der Waals surface area (Å²) in [5.41, 5.74) is -0.556.